The summed E-state index contributed by atoms with van der Waals surface area (Å²) in [5, 5.41) is 3.99. The van der Waals surface area contributed by atoms with Gasteiger partial charge in [0.1, 0.15) is 0 Å². The number of anilines is 1. The Morgan fingerprint density at radius 3 is 2.88 bits per heavy atom. The van der Waals surface area contributed by atoms with E-state index in [9.17, 15) is 0 Å². The summed E-state index contributed by atoms with van der Waals surface area (Å²) in [4.78, 5) is 2.44. The summed E-state index contributed by atoms with van der Waals surface area (Å²) in [6.07, 6.45) is 2.58. The third kappa shape index (κ3) is 2.33. The summed E-state index contributed by atoms with van der Waals surface area (Å²) in [6, 6.07) is 7.04. The second-order valence-electron chi connectivity index (χ2n) is 4.49. The van der Waals surface area contributed by atoms with Crippen LogP contribution in [0.4, 0.5) is 5.69 Å². The van der Waals surface area contributed by atoms with Gasteiger partial charge in [0.25, 0.3) is 0 Å². The number of hydrogen-bond donors (Lipinski definition) is 1. The molecule has 1 aromatic carbocycles. The molecule has 1 N–H and O–H groups in total. The molecule has 16 heavy (non-hydrogen) atoms. The van der Waals surface area contributed by atoms with Crippen molar-refractivity contribution in [1.82, 2.24) is 5.32 Å². The summed E-state index contributed by atoms with van der Waals surface area (Å²) in [5.41, 5.74) is 2.43. The van der Waals surface area contributed by atoms with Crippen LogP contribution in [0.2, 0.25) is 5.02 Å². The lowest BCUT2D eigenvalue weighted by atomic mass is 10.1. The molecule has 3 heteroatoms. The van der Waals surface area contributed by atoms with Crippen molar-refractivity contribution in [1.29, 1.82) is 0 Å². The average molecular weight is 239 g/mol. The number of halogens is 1. The Morgan fingerprint density at radius 2 is 2.31 bits per heavy atom. The van der Waals surface area contributed by atoms with Gasteiger partial charge in [-0.15, -0.1) is 0 Å². The van der Waals surface area contributed by atoms with Crippen LogP contribution in [0, 0.1) is 0 Å². The predicted octanol–water partition coefficient (Wildman–Crippen LogP) is 3.05. The molecule has 0 aromatic heterocycles. The maximum Gasteiger partial charge on any atom is 0.0471 e. The van der Waals surface area contributed by atoms with Gasteiger partial charge in [0.05, 0.1) is 0 Å². The zero-order chi connectivity index (χ0) is 11.5. The van der Waals surface area contributed by atoms with Gasteiger partial charge in [-0.25, -0.2) is 0 Å². The van der Waals surface area contributed by atoms with Gasteiger partial charge in [0.15, 0.2) is 0 Å². The van der Waals surface area contributed by atoms with E-state index in [0.717, 1.165) is 18.1 Å². The second kappa shape index (κ2) is 5.07. The normalized spacial score (nSPS) is 20.4. The Hall–Kier alpha value is -0.730. The van der Waals surface area contributed by atoms with Crippen molar-refractivity contribution in [2.75, 3.05) is 18.5 Å². The van der Waals surface area contributed by atoms with Gasteiger partial charge in [-0.2, -0.15) is 0 Å². The molecule has 2 nitrogen and oxygen atoms in total. The molecule has 0 aliphatic carbocycles. The molecule has 1 saturated heterocycles. The number of nitrogens with one attached hydrogen (secondary N) is 1. The Kier molecular flexibility index (Phi) is 3.72. The largest absolute Gasteiger partial charge is 0.369 e. The fourth-order valence-corrected chi connectivity index (χ4v) is 2.61. The minimum absolute atomic E-state index is 0.645. The first-order valence-electron chi connectivity index (χ1n) is 5.92. The standard InChI is InChI=1S/C13H19ClN2/c1-10-4-3-7-16(10)12-6-5-11(9-15-2)13(14)8-12/h5-6,8,10,15H,3-4,7,9H2,1-2H3. The third-order valence-electron chi connectivity index (χ3n) is 3.29. The molecule has 0 bridgehead atoms. The van der Waals surface area contributed by atoms with Crippen LogP contribution in [0.5, 0.6) is 0 Å². The maximum atomic E-state index is 6.27. The molecule has 1 unspecified atom stereocenters. The quantitative estimate of drug-likeness (QED) is 0.871. The SMILES string of the molecule is CNCc1ccc(N2CCCC2C)cc1Cl. The van der Waals surface area contributed by atoms with Crippen LogP contribution in [0.3, 0.4) is 0 Å². The van der Waals surface area contributed by atoms with Crippen LogP contribution in [0.1, 0.15) is 25.3 Å². The average Bonchev–Trinajstić information content (AvgIpc) is 2.68. The second-order valence-corrected chi connectivity index (χ2v) is 4.90. The molecular formula is C13H19ClN2. The van der Waals surface area contributed by atoms with E-state index in [1.165, 1.54) is 24.1 Å². The minimum atomic E-state index is 0.645. The zero-order valence-corrected chi connectivity index (χ0v) is 10.7. The molecule has 1 heterocycles. The lowest BCUT2D eigenvalue weighted by molar-refractivity contribution is 0.734. The van der Waals surface area contributed by atoms with E-state index in [2.05, 4.69) is 35.3 Å². The predicted molar refractivity (Wildman–Crippen MR) is 70.3 cm³/mol. The van der Waals surface area contributed by atoms with E-state index >= 15 is 0 Å². The zero-order valence-electron chi connectivity index (χ0n) is 9.96. The Bertz CT molecular complexity index is 365. The van der Waals surface area contributed by atoms with E-state index < -0.39 is 0 Å². The summed E-state index contributed by atoms with van der Waals surface area (Å²) >= 11 is 6.27. The number of nitrogens with zero attached hydrogens (tertiary/aromatic N) is 1. The summed E-state index contributed by atoms with van der Waals surface area (Å²) in [5.74, 6) is 0. The maximum absolute atomic E-state index is 6.27. The molecule has 0 radical (unpaired) electrons. The van der Waals surface area contributed by atoms with Crippen molar-refractivity contribution in [2.45, 2.75) is 32.4 Å². The van der Waals surface area contributed by atoms with Crippen molar-refractivity contribution in [3.8, 4) is 0 Å². The summed E-state index contributed by atoms with van der Waals surface area (Å²) in [6.45, 7) is 4.26. The van der Waals surface area contributed by atoms with E-state index in [1.54, 1.807) is 0 Å². The van der Waals surface area contributed by atoms with Crippen LogP contribution >= 0.6 is 11.6 Å². The molecule has 0 saturated carbocycles. The van der Waals surface area contributed by atoms with Crippen LogP contribution in [-0.4, -0.2) is 19.6 Å². The van der Waals surface area contributed by atoms with Crippen molar-refractivity contribution in [3.05, 3.63) is 28.8 Å². The van der Waals surface area contributed by atoms with E-state index in [1.807, 2.05) is 7.05 Å². The van der Waals surface area contributed by atoms with Gasteiger partial charge >= 0.3 is 0 Å². The Labute approximate surface area is 103 Å². The van der Waals surface area contributed by atoms with Crippen molar-refractivity contribution >= 4 is 17.3 Å². The van der Waals surface area contributed by atoms with Crippen molar-refractivity contribution in [2.24, 2.45) is 0 Å². The molecule has 1 aliphatic rings. The number of benzene rings is 1. The molecule has 1 aliphatic heterocycles. The van der Waals surface area contributed by atoms with Gasteiger partial charge < -0.3 is 10.2 Å². The lowest BCUT2D eigenvalue weighted by Gasteiger charge is -2.24. The molecule has 0 spiro atoms. The van der Waals surface area contributed by atoms with Gasteiger partial charge in [0.2, 0.25) is 0 Å². The van der Waals surface area contributed by atoms with Gasteiger partial charge in [-0.3, -0.25) is 0 Å². The van der Waals surface area contributed by atoms with Crippen molar-refractivity contribution < 1.29 is 0 Å². The molecule has 1 atom stereocenters. The summed E-state index contributed by atoms with van der Waals surface area (Å²) < 4.78 is 0. The molecular weight excluding hydrogens is 220 g/mol. The monoisotopic (exact) mass is 238 g/mol. The van der Waals surface area contributed by atoms with Crippen LogP contribution in [0.15, 0.2) is 18.2 Å². The Morgan fingerprint density at radius 1 is 1.50 bits per heavy atom. The molecule has 88 valence electrons. The van der Waals surface area contributed by atoms with Gasteiger partial charge in [0, 0.05) is 29.8 Å². The summed E-state index contributed by atoms with van der Waals surface area (Å²) in [7, 11) is 1.94. The smallest absolute Gasteiger partial charge is 0.0471 e. The lowest BCUT2D eigenvalue weighted by Crippen LogP contribution is -2.26. The first-order chi connectivity index (χ1) is 7.72. The first kappa shape index (κ1) is 11.7. The van der Waals surface area contributed by atoms with E-state index in [4.69, 9.17) is 11.6 Å². The fourth-order valence-electron chi connectivity index (χ4n) is 2.37. The highest BCUT2D eigenvalue weighted by Gasteiger charge is 2.20. The molecule has 1 aromatic rings. The number of rotatable bonds is 3. The van der Waals surface area contributed by atoms with Crippen LogP contribution in [-0.2, 0) is 6.54 Å². The first-order valence-corrected chi connectivity index (χ1v) is 6.30. The number of hydrogen-bond acceptors (Lipinski definition) is 2. The van der Waals surface area contributed by atoms with Gasteiger partial charge in [-0.05, 0) is 44.5 Å². The highest BCUT2D eigenvalue weighted by molar-refractivity contribution is 6.31. The molecule has 2 rings (SSSR count). The fraction of sp³-hybridized carbons (Fsp3) is 0.538. The van der Waals surface area contributed by atoms with Crippen LogP contribution < -0.4 is 10.2 Å². The molecule has 0 amide bonds. The highest BCUT2D eigenvalue weighted by atomic mass is 35.5. The molecule has 1 fully saturated rings. The van der Waals surface area contributed by atoms with Crippen LogP contribution in [0.25, 0.3) is 0 Å². The Balaban J connectivity index is 2.20. The van der Waals surface area contributed by atoms with Crippen molar-refractivity contribution in [3.63, 3.8) is 0 Å². The van der Waals surface area contributed by atoms with E-state index in [-0.39, 0.29) is 0 Å². The van der Waals surface area contributed by atoms with Gasteiger partial charge in [-0.1, -0.05) is 17.7 Å². The topological polar surface area (TPSA) is 15.3 Å². The minimum Gasteiger partial charge on any atom is -0.369 e. The highest BCUT2D eigenvalue weighted by Crippen LogP contribution is 2.29. The van der Waals surface area contributed by atoms with E-state index in [0.29, 0.717) is 6.04 Å². The third-order valence-corrected chi connectivity index (χ3v) is 3.64.